The van der Waals surface area contributed by atoms with Crippen molar-refractivity contribution in [2.75, 3.05) is 6.61 Å². The molecule has 0 aliphatic carbocycles. The van der Waals surface area contributed by atoms with Crippen molar-refractivity contribution < 1.29 is 27.4 Å². The molecular weight excluding hydrogens is 347 g/mol. The summed E-state index contributed by atoms with van der Waals surface area (Å²) in [5.74, 6) is -1.25. The van der Waals surface area contributed by atoms with E-state index in [0.717, 1.165) is 5.56 Å². The topological polar surface area (TPSA) is 48.4 Å². The van der Waals surface area contributed by atoms with Gasteiger partial charge in [-0.1, -0.05) is 12.1 Å². The average molecular weight is 365 g/mol. The van der Waals surface area contributed by atoms with Crippen LogP contribution in [-0.2, 0) is 11.2 Å². The predicted octanol–water partition coefficient (Wildman–Crippen LogP) is 4.33. The standard InChI is InChI=1S/C19H18F3NO3/c1-3-25-19(24)15-9-13(11-5-4-10(2)8-14(11)20)12-6-7-16(17(21)22)26-18(12)23-15/h4-5,8-9,16-17H,3,6-7H2,1-2H3. The lowest BCUT2D eigenvalue weighted by atomic mass is 9.93. The van der Waals surface area contributed by atoms with Crippen LogP contribution < -0.4 is 4.74 Å². The van der Waals surface area contributed by atoms with Crippen LogP contribution in [0.2, 0.25) is 0 Å². The van der Waals surface area contributed by atoms with E-state index in [1.54, 1.807) is 26.0 Å². The van der Waals surface area contributed by atoms with E-state index in [1.807, 2.05) is 0 Å². The third-order valence-corrected chi connectivity index (χ3v) is 4.21. The maximum Gasteiger partial charge on any atom is 0.357 e. The van der Waals surface area contributed by atoms with Crippen LogP contribution in [0.1, 0.15) is 35.0 Å². The zero-order valence-electron chi connectivity index (χ0n) is 14.4. The summed E-state index contributed by atoms with van der Waals surface area (Å²) in [5, 5.41) is 0. The summed E-state index contributed by atoms with van der Waals surface area (Å²) in [7, 11) is 0. The number of carbonyl (C=O) groups excluding carboxylic acids is 1. The van der Waals surface area contributed by atoms with Crippen molar-refractivity contribution in [2.45, 2.75) is 39.2 Å². The number of pyridine rings is 1. The third-order valence-electron chi connectivity index (χ3n) is 4.21. The number of esters is 1. The van der Waals surface area contributed by atoms with Crippen molar-refractivity contribution in [3.05, 3.63) is 46.9 Å². The summed E-state index contributed by atoms with van der Waals surface area (Å²) in [5.41, 5.74) is 1.82. The number of alkyl halides is 2. The van der Waals surface area contributed by atoms with E-state index in [2.05, 4.69) is 4.98 Å². The fourth-order valence-electron chi connectivity index (χ4n) is 2.94. The van der Waals surface area contributed by atoms with Gasteiger partial charge in [0.1, 0.15) is 5.82 Å². The summed E-state index contributed by atoms with van der Waals surface area (Å²) in [6, 6.07) is 6.13. The number of nitrogens with zero attached hydrogens (tertiary/aromatic N) is 1. The van der Waals surface area contributed by atoms with Crippen LogP contribution in [0.3, 0.4) is 0 Å². The molecule has 1 aliphatic heterocycles. The fourth-order valence-corrected chi connectivity index (χ4v) is 2.94. The lowest BCUT2D eigenvalue weighted by Crippen LogP contribution is -2.31. The van der Waals surface area contributed by atoms with Crippen molar-refractivity contribution in [2.24, 2.45) is 0 Å². The molecule has 0 radical (unpaired) electrons. The number of hydrogen-bond acceptors (Lipinski definition) is 4. The lowest BCUT2D eigenvalue weighted by molar-refractivity contribution is -0.00228. The van der Waals surface area contributed by atoms with Gasteiger partial charge in [0, 0.05) is 11.1 Å². The highest BCUT2D eigenvalue weighted by Crippen LogP contribution is 2.37. The van der Waals surface area contributed by atoms with Crippen LogP contribution in [0.15, 0.2) is 24.3 Å². The number of hydrogen-bond donors (Lipinski definition) is 0. The van der Waals surface area contributed by atoms with Crippen LogP contribution in [0, 0.1) is 12.7 Å². The number of halogens is 3. The van der Waals surface area contributed by atoms with Gasteiger partial charge in [-0.05, 0) is 49.9 Å². The summed E-state index contributed by atoms with van der Waals surface area (Å²) < 4.78 is 50.8. The zero-order chi connectivity index (χ0) is 18.8. The Morgan fingerprint density at radius 1 is 1.35 bits per heavy atom. The van der Waals surface area contributed by atoms with Gasteiger partial charge in [0.2, 0.25) is 5.88 Å². The van der Waals surface area contributed by atoms with Gasteiger partial charge in [-0.15, -0.1) is 0 Å². The Kier molecular flexibility index (Phi) is 5.15. The van der Waals surface area contributed by atoms with Crippen LogP contribution in [0.5, 0.6) is 5.88 Å². The normalized spacial score (nSPS) is 16.2. The Balaban J connectivity index is 2.15. The first-order valence-electron chi connectivity index (χ1n) is 8.33. The van der Waals surface area contributed by atoms with E-state index < -0.39 is 24.3 Å². The minimum atomic E-state index is -2.67. The molecule has 0 saturated heterocycles. The zero-order valence-corrected chi connectivity index (χ0v) is 14.4. The summed E-state index contributed by atoms with van der Waals surface area (Å²) >= 11 is 0. The highest BCUT2D eigenvalue weighted by Gasteiger charge is 2.31. The Bertz CT molecular complexity index is 839. The first-order chi connectivity index (χ1) is 12.4. The lowest BCUT2D eigenvalue weighted by Gasteiger charge is -2.26. The maximum atomic E-state index is 14.5. The number of fused-ring (bicyclic) bond motifs is 1. The first-order valence-corrected chi connectivity index (χ1v) is 8.33. The molecule has 1 aromatic carbocycles. The van der Waals surface area contributed by atoms with Crippen molar-refractivity contribution in [1.29, 1.82) is 0 Å². The van der Waals surface area contributed by atoms with Crippen molar-refractivity contribution >= 4 is 5.97 Å². The van der Waals surface area contributed by atoms with Gasteiger partial charge in [0.05, 0.1) is 6.61 Å². The molecule has 0 amide bonds. The van der Waals surface area contributed by atoms with Crippen LogP contribution >= 0.6 is 0 Å². The third kappa shape index (κ3) is 3.52. The largest absolute Gasteiger partial charge is 0.468 e. The molecule has 2 aromatic rings. The summed E-state index contributed by atoms with van der Waals surface area (Å²) in [6.45, 7) is 3.53. The molecule has 0 spiro atoms. The highest BCUT2D eigenvalue weighted by molar-refractivity contribution is 5.90. The fraction of sp³-hybridized carbons (Fsp3) is 0.368. The Labute approximate surface area is 149 Å². The molecule has 7 heteroatoms. The number of aromatic nitrogens is 1. The van der Waals surface area contributed by atoms with Crippen LogP contribution in [-0.4, -0.2) is 30.1 Å². The number of rotatable bonds is 4. The number of carbonyl (C=O) groups is 1. The predicted molar refractivity (Wildman–Crippen MR) is 89.1 cm³/mol. The van der Waals surface area contributed by atoms with Gasteiger partial charge < -0.3 is 9.47 Å². The molecule has 0 fully saturated rings. The average Bonchev–Trinajstić information content (AvgIpc) is 2.60. The van der Waals surface area contributed by atoms with Crippen molar-refractivity contribution in [3.8, 4) is 17.0 Å². The Hall–Kier alpha value is -2.57. The molecular formula is C19H18F3NO3. The minimum Gasteiger partial charge on any atom is -0.468 e. The molecule has 0 N–H and O–H groups in total. The first kappa shape index (κ1) is 18.2. The van der Waals surface area contributed by atoms with Gasteiger partial charge in [-0.2, -0.15) is 0 Å². The van der Waals surface area contributed by atoms with E-state index in [9.17, 15) is 18.0 Å². The molecule has 1 atom stereocenters. The quantitative estimate of drug-likeness (QED) is 0.757. The van der Waals surface area contributed by atoms with E-state index in [4.69, 9.17) is 9.47 Å². The van der Waals surface area contributed by atoms with Gasteiger partial charge in [0.15, 0.2) is 11.8 Å². The van der Waals surface area contributed by atoms with Crippen LogP contribution in [0.25, 0.3) is 11.1 Å². The van der Waals surface area contributed by atoms with E-state index in [-0.39, 0.29) is 36.6 Å². The van der Waals surface area contributed by atoms with Crippen LogP contribution in [0.4, 0.5) is 13.2 Å². The molecule has 0 saturated carbocycles. The minimum absolute atomic E-state index is 0.0675. The van der Waals surface area contributed by atoms with E-state index >= 15 is 0 Å². The smallest absolute Gasteiger partial charge is 0.357 e. The molecule has 1 aliphatic rings. The summed E-state index contributed by atoms with van der Waals surface area (Å²) in [6.07, 6.45) is -3.63. The van der Waals surface area contributed by atoms with Gasteiger partial charge in [-0.3, -0.25) is 0 Å². The molecule has 138 valence electrons. The molecule has 2 heterocycles. The molecule has 1 unspecified atom stereocenters. The van der Waals surface area contributed by atoms with Gasteiger partial charge >= 0.3 is 5.97 Å². The Morgan fingerprint density at radius 3 is 2.77 bits per heavy atom. The second kappa shape index (κ2) is 7.35. The molecule has 4 nitrogen and oxygen atoms in total. The van der Waals surface area contributed by atoms with Crippen molar-refractivity contribution in [3.63, 3.8) is 0 Å². The molecule has 1 aromatic heterocycles. The van der Waals surface area contributed by atoms with Crippen molar-refractivity contribution in [1.82, 2.24) is 4.98 Å². The molecule has 26 heavy (non-hydrogen) atoms. The maximum absolute atomic E-state index is 14.5. The number of ether oxygens (including phenoxy) is 2. The van der Waals surface area contributed by atoms with Gasteiger partial charge in [0.25, 0.3) is 6.43 Å². The SMILES string of the molecule is CCOC(=O)c1cc(-c2ccc(C)cc2F)c2c(n1)OC(C(F)F)CC2. The summed E-state index contributed by atoms with van der Waals surface area (Å²) in [4.78, 5) is 16.1. The number of benzene rings is 1. The number of aryl methyl sites for hydroxylation is 1. The second-order valence-electron chi connectivity index (χ2n) is 6.07. The van der Waals surface area contributed by atoms with Gasteiger partial charge in [-0.25, -0.2) is 22.9 Å². The second-order valence-corrected chi connectivity index (χ2v) is 6.07. The monoisotopic (exact) mass is 365 g/mol. The van der Waals surface area contributed by atoms with E-state index in [1.165, 1.54) is 12.1 Å². The molecule has 3 rings (SSSR count). The van der Waals surface area contributed by atoms with E-state index in [0.29, 0.717) is 11.1 Å². The Morgan fingerprint density at radius 2 is 2.12 bits per heavy atom. The highest BCUT2D eigenvalue weighted by atomic mass is 19.3. The molecule has 0 bridgehead atoms.